The lowest BCUT2D eigenvalue weighted by molar-refractivity contribution is -0.139. The van der Waals surface area contributed by atoms with Crippen molar-refractivity contribution >= 4 is 17.7 Å². The second kappa shape index (κ2) is 8.82. The van der Waals surface area contributed by atoms with Crippen molar-refractivity contribution in [3.8, 4) is 0 Å². The lowest BCUT2D eigenvalue weighted by Gasteiger charge is -2.43. The summed E-state index contributed by atoms with van der Waals surface area (Å²) in [5, 5.41) is 12.2. The molecule has 154 valence electrons. The van der Waals surface area contributed by atoms with Crippen LogP contribution >= 0.6 is 0 Å². The Morgan fingerprint density at radius 1 is 1.29 bits per heavy atom. The maximum absolute atomic E-state index is 12.9. The Morgan fingerprint density at radius 3 is 2.68 bits per heavy atom. The molecule has 28 heavy (non-hydrogen) atoms. The van der Waals surface area contributed by atoms with Gasteiger partial charge in [-0.2, -0.15) is 0 Å². The molecule has 1 aromatic carbocycles. The number of urea groups is 1. The highest BCUT2D eigenvalue weighted by atomic mass is 16.4. The minimum Gasteiger partial charge on any atom is -0.480 e. The van der Waals surface area contributed by atoms with Crippen LogP contribution in [0.3, 0.4) is 0 Å². The molecule has 1 aliphatic carbocycles. The molecule has 1 heterocycles. The van der Waals surface area contributed by atoms with Crippen molar-refractivity contribution in [2.24, 2.45) is 0 Å². The largest absolute Gasteiger partial charge is 0.480 e. The van der Waals surface area contributed by atoms with E-state index in [0.717, 1.165) is 37.9 Å². The number of anilines is 1. The van der Waals surface area contributed by atoms with Gasteiger partial charge in [0.15, 0.2) is 0 Å². The van der Waals surface area contributed by atoms with Crippen LogP contribution in [-0.4, -0.2) is 72.7 Å². The second-order valence-electron chi connectivity index (χ2n) is 8.07. The number of carboxylic acid groups (broad SMARTS) is 1. The smallest absolute Gasteiger partial charge is 0.318 e. The van der Waals surface area contributed by atoms with Gasteiger partial charge in [0.2, 0.25) is 0 Å². The van der Waals surface area contributed by atoms with Crippen LogP contribution in [-0.2, 0) is 4.79 Å². The number of benzene rings is 1. The number of nitrogens with zero attached hydrogens (tertiary/aromatic N) is 3. The average Bonchev–Trinajstić information content (AvgIpc) is 3.12. The van der Waals surface area contributed by atoms with Gasteiger partial charge in [0.05, 0.1) is 12.6 Å². The monoisotopic (exact) mass is 388 g/mol. The summed E-state index contributed by atoms with van der Waals surface area (Å²) in [6, 6.07) is 8.91. The maximum Gasteiger partial charge on any atom is 0.318 e. The molecule has 1 saturated heterocycles. The first-order valence-corrected chi connectivity index (χ1v) is 10.2. The Hall–Kier alpha value is -2.28. The number of carbonyl (C=O) groups excluding carboxylic acids is 1. The summed E-state index contributed by atoms with van der Waals surface area (Å²) in [7, 11) is 4.05. The number of amides is 2. The molecule has 2 amide bonds. The van der Waals surface area contributed by atoms with Crippen molar-refractivity contribution in [3.05, 3.63) is 29.8 Å². The molecule has 0 bridgehead atoms. The first-order chi connectivity index (χ1) is 13.4. The number of nitrogens with one attached hydrogen (secondary N) is 1. The van der Waals surface area contributed by atoms with Crippen molar-refractivity contribution in [3.63, 3.8) is 0 Å². The van der Waals surface area contributed by atoms with E-state index in [-0.39, 0.29) is 30.7 Å². The molecule has 1 aromatic rings. The quantitative estimate of drug-likeness (QED) is 0.751. The average molecular weight is 389 g/mol. The molecule has 3 rings (SSSR count). The highest BCUT2D eigenvalue weighted by Gasteiger charge is 2.37. The molecular formula is C21H32N4O3. The molecule has 0 aromatic heterocycles. The third-order valence-corrected chi connectivity index (χ3v) is 5.99. The first-order valence-electron chi connectivity index (χ1n) is 10.2. The second-order valence-corrected chi connectivity index (χ2v) is 8.07. The van der Waals surface area contributed by atoms with E-state index in [0.29, 0.717) is 6.54 Å². The van der Waals surface area contributed by atoms with Gasteiger partial charge in [0, 0.05) is 38.4 Å². The number of likely N-dealkylation sites (N-methyl/N-ethyl adjacent to an activating group) is 1. The SMILES string of the molecule is CCN(CC(=O)O)C1CC(NC(=O)N2CCCC2c2cccc(N(C)C)c2)C1. The summed E-state index contributed by atoms with van der Waals surface area (Å²) < 4.78 is 0. The van der Waals surface area contributed by atoms with Gasteiger partial charge in [-0.1, -0.05) is 19.1 Å². The van der Waals surface area contributed by atoms with Crippen molar-refractivity contribution in [1.82, 2.24) is 15.1 Å². The third-order valence-electron chi connectivity index (χ3n) is 5.99. The number of hydrogen-bond donors (Lipinski definition) is 2. The van der Waals surface area contributed by atoms with Crippen LogP contribution in [0.2, 0.25) is 0 Å². The summed E-state index contributed by atoms with van der Waals surface area (Å²) in [6.07, 6.45) is 3.64. The van der Waals surface area contributed by atoms with E-state index in [1.807, 2.05) is 30.8 Å². The summed E-state index contributed by atoms with van der Waals surface area (Å²) >= 11 is 0. The van der Waals surface area contributed by atoms with Crippen molar-refractivity contribution in [1.29, 1.82) is 0 Å². The Bertz CT molecular complexity index is 703. The van der Waals surface area contributed by atoms with Gasteiger partial charge in [0.25, 0.3) is 0 Å². The normalized spacial score (nSPS) is 24.1. The molecule has 1 aliphatic heterocycles. The Morgan fingerprint density at radius 2 is 2.04 bits per heavy atom. The number of aliphatic carboxylic acids is 1. The summed E-state index contributed by atoms with van der Waals surface area (Å²) in [5.74, 6) is -0.797. The molecule has 2 fully saturated rings. The van der Waals surface area contributed by atoms with Crippen LogP contribution < -0.4 is 10.2 Å². The Kier molecular flexibility index (Phi) is 6.44. The molecule has 0 radical (unpaired) electrons. The lowest BCUT2D eigenvalue weighted by Crippen LogP contribution is -2.56. The van der Waals surface area contributed by atoms with Crippen LogP contribution in [0, 0.1) is 0 Å². The molecule has 1 unspecified atom stereocenters. The van der Waals surface area contributed by atoms with E-state index in [9.17, 15) is 9.59 Å². The van der Waals surface area contributed by atoms with Gasteiger partial charge >= 0.3 is 12.0 Å². The fourth-order valence-corrected chi connectivity index (χ4v) is 4.30. The number of carboxylic acids is 1. The zero-order valence-electron chi connectivity index (χ0n) is 17.1. The predicted octanol–water partition coefficient (Wildman–Crippen LogP) is 2.54. The van der Waals surface area contributed by atoms with E-state index < -0.39 is 5.97 Å². The van der Waals surface area contributed by atoms with Crippen LogP contribution in [0.15, 0.2) is 24.3 Å². The number of likely N-dealkylation sites (tertiary alicyclic amines) is 1. The number of rotatable bonds is 7. The Labute approximate surface area is 167 Å². The topological polar surface area (TPSA) is 76.1 Å². The third kappa shape index (κ3) is 4.58. The zero-order chi connectivity index (χ0) is 20.3. The van der Waals surface area contributed by atoms with E-state index in [4.69, 9.17) is 5.11 Å². The first kappa shape index (κ1) is 20.5. The standard InChI is InChI=1S/C21H32N4O3/c1-4-24(14-20(26)27)18-12-16(13-18)22-21(28)25-10-6-9-19(25)15-7-5-8-17(11-15)23(2)3/h5,7-8,11,16,18-19H,4,6,9-10,12-14H2,1-3H3,(H,22,28)(H,26,27). The molecule has 7 heteroatoms. The van der Waals surface area contributed by atoms with Gasteiger partial charge in [-0.05, 0) is 49.9 Å². The van der Waals surface area contributed by atoms with E-state index in [1.54, 1.807) is 0 Å². The van der Waals surface area contributed by atoms with E-state index in [1.165, 1.54) is 5.56 Å². The van der Waals surface area contributed by atoms with Gasteiger partial charge in [-0.25, -0.2) is 4.79 Å². The van der Waals surface area contributed by atoms with Crippen LogP contribution in [0.25, 0.3) is 0 Å². The Balaban J connectivity index is 1.56. The van der Waals surface area contributed by atoms with Crippen molar-refractivity contribution in [2.45, 2.75) is 50.7 Å². The highest BCUT2D eigenvalue weighted by molar-refractivity contribution is 5.75. The number of carbonyl (C=O) groups is 2. The molecule has 2 aliphatic rings. The van der Waals surface area contributed by atoms with E-state index >= 15 is 0 Å². The maximum atomic E-state index is 12.9. The fraction of sp³-hybridized carbons (Fsp3) is 0.619. The summed E-state index contributed by atoms with van der Waals surface area (Å²) in [4.78, 5) is 29.8. The van der Waals surface area contributed by atoms with Crippen molar-refractivity contribution in [2.75, 3.05) is 38.6 Å². The van der Waals surface area contributed by atoms with E-state index in [2.05, 4.69) is 34.5 Å². The molecule has 7 nitrogen and oxygen atoms in total. The molecule has 1 saturated carbocycles. The summed E-state index contributed by atoms with van der Waals surface area (Å²) in [5.41, 5.74) is 2.33. The minimum atomic E-state index is -0.797. The minimum absolute atomic E-state index is 0.00230. The number of hydrogen-bond acceptors (Lipinski definition) is 4. The van der Waals surface area contributed by atoms with Crippen molar-refractivity contribution < 1.29 is 14.7 Å². The van der Waals surface area contributed by atoms with Crippen LogP contribution in [0.5, 0.6) is 0 Å². The van der Waals surface area contributed by atoms with Gasteiger partial charge in [0.1, 0.15) is 0 Å². The lowest BCUT2D eigenvalue weighted by atomic mass is 9.85. The molecule has 1 atom stereocenters. The van der Waals surface area contributed by atoms with Gasteiger partial charge < -0.3 is 20.2 Å². The fourth-order valence-electron chi connectivity index (χ4n) is 4.30. The molecular weight excluding hydrogens is 356 g/mol. The molecule has 0 spiro atoms. The van der Waals surface area contributed by atoms with Gasteiger partial charge in [-0.3, -0.25) is 9.69 Å². The van der Waals surface area contributed by atoms with Gasteiger partial charge in [-0.15, -0.1) is 0 Å². The molecule has 2 N–H and O–H groups in total. The van der Waals surface area contributed by atoms with Crippen LogP contribution in [0.4, 0.5) is 10.5 Å². The summed E-state index contributed by atoms with van der Waals surface area (Å²) in [6.45, 7) is 3.54. The highest BCUT2D eigenvalue weighted by Crippen LogP contribution is 2.34. The van der Waals surface area contributed by atoms with Crippen LogP contribution in [0.1, 0.15) is 44.2 Å². The predicted molar refractivity (Wildman–Crippen MR) is 110 cm³/mol. The zero-order valence-corrected chi connectivity index (χ0v) is 17.1.